The summed E-state index contributed by atoms with van der Waals surface area (Å²) in [6.45, 7) is 0.556. The van der Waals surface area contributed by atoms with Gasteiger partial charge in [-0.2, -0.15) is 0 Å². The van der Waals surface area contributed by atoms with Crippen molar-refractivity contribution in [3.05, 3.63) is 101 Å². The van der Waals surface area contributed by atoms with Gasteiger partial charge in [0.15, 0.2) is 5.65 Å². The number of nitrogens with one attached hydrogen (secondary N) is 1. The van der Waals surface area contributed by atoms with Crippen LogP contribution in [0, 0.1) is 0 Å². The summed E-state index contributed by atoms with van der Waals surface area (Å²) in [7, 11) is 0. The van der Waals surface area contributed by atoms with Gasteiger partial charge in [0.25, 0.3) is 0 Å². The number of phenolic OH excluding ortho intramolecular Hbond substituents is 1. The number of hydrogen-bond acceptors (Lipinski definition) is 7. The van der Waals surface area contributed by atoms with E-state index in [-0.39, 0.29) is 5.75 Å². The smallest absolute Gasteiger partial charge is 0.164 e. The maximum Gasteiger partial charge on any atom is 0.164 e. The van der Waals surface area contributed by atoms with Crippen molar-refractivity contribution >= 4 is 50.2 Å². The van der Waals surface area contributed by atoms with Gasteiger partial charge in [-0.1, -0.05) is 39.8 Å². The van der Waals surface area contributed by atoms with Crippen molar-refractivity contribution in [3.63, 3.8) is 0 Å². The van der Waals surface area contributed by atoms with Crippen molar-refractivity contribution in [1.29, 1.82) is 0 Å². The van der Waals surface area contributed by atoms with Crippen LogP contribution in [0.15, 0.2) is 106 Å². The Morgan fingerprint density at radius 1 is 0.914 bits per heavy atom. The van der Waals surface area contributed by atoms with E-state index in [1.54, 1.807) is 30.1 Å². The fourth-order valence-electron chi connectivity index (χ4n) is 3.53. The molecule has 0 saturated carbocycles. The van der Waals surface area contributed by atoms with Crippen LogP contribution < -0.4 is 10.1 Å². The van der Waals surface area contributed by atoms with Crippen LogP contribution in [0.2, 0.25) is 0 Å². The minimum atomic E-state index is 0.238. The monoisotopic (exact) mass is 544 g/mol. The molecule has 6 nitrogen and oxygen atoms in total. The molecule has 3 aromatic carbocycles. The molecule has 0 aliphatic rings. The van der Waals surface area contributed by atoms with Gasteiger partial charge in [0.05, 0.1) is 17.7 Å². The SMILES string of the molecule is Oc1ccc(Sc2ccc(OCCc3cccc(Br)c3)cc2Nc2ncnc3ncccc23)cc1. The van der Waals surface area contributed by atoms with Gasteiger partial charge in [-0.25, -0.2) is 15.0 Å². The van der Waals surface area contributed by atoms with Crippen LogP contribution in [-0.2, 0) is 6.42 Å². The fraction of sp³-hybridized carbons (Fsp3) is 0.0741. The number of aromatic nitrogens is 3. The molecule has 0 unspecified atom stereocenters. The third-order valence-corrected chi connectivity index (χ3v) is 6.80. The number of halogens is 1. The van der Waals surface area contributed by atoms with E-state index in [9.17, 15) is 5.11 Å². The summed E-state index contributed by atoms with van der Waals surface area (Å²) >= 11 is 5.10. The average molecular weight is 545 g/mol. The molecule has 0 fully saturated rings. The topological polar surface area (TPSA) is 80.2 Å². The first kappa shape index (κ1) is 23.1. The Hall–Kier alpha value is -3.62. The second-order valence-corrected chi connectivity index (χ2v) is 9.74. The number of pyridine rings is 1. The van der Waals surface area contributed by atoms with E-state index < -0.39 is 0 Å². The Labute approximate surface area is 215 Å². The van der Waals surface area contributed by atoms with Gasteiger partial charge >= 0.3 is 0 Å². The van der Waals surface area contributed by atoms with E-state index in [0.717, 1.165) is 37.5 Å². The van der Waals surface area contributed by atoms with Gasteiger partial charge in [-0.15, -0.1) is 0 Å². The molecule has 35 heavy (non-hydrogen) atoms. The number of phenols is 1. The molecule has 2 N–H and O–H groups in total. The van der Waals surface area contributed by atoms with Crippen molar-refractivity contribution in [2.75, 3.05) is 11.9 Å². The number of fused-ring (bicyclic) bond motifs is 1. The zero-order valence-corrected chi connectivity index (χ0v) is 21.0. The molecule has 0 bridgehead atoms. The third kappa shape index (κ3) is 5.90. The van der Waals surface area contributed by atoms with Crippen LogP contribution in [0.4, 0.5) is 11.5 Å². The number of hydrogen-bond donors (Lipinski definition) is 2. The normalized spacial score (nSPS) is 10.9. The van der Waals surface area contributed by atoms with Crippen molar-refractivity contribution in [2.24, 2.45) is 0 Å². The molecule has 5 rings (SSSR count). The van der Waals surface area contributed by atoms with Gasteiger partial charge in [0.1, 0.15) is 23.6 Å². The predicted molar refractivity (Wildman–Crippen MR) is 143 cm³/mol. The lowest BCUT2D eigenvalue weighted by atomic mass is 10.2. The summed E-state index contributed by atoms with van der Waals surface area (Å²) < 4.78 is 7.15. The van der Waals surface area contributed by atoms with Crippen LogP contribution in [0.25, 0.3) is 11.0 Å². The summed E-state index contributed by atoms with van der Waals surface area (Å²) in [5, 5.41) is 13.9. The van der Waals surface area contributed by atoms with Crippen LogP contribution in [0.5, 0.6) is 11.5 Å². The summed E-state index contributed by atoms with van der Waals surface area (Å²) in [6, 6.07) is 25.1. The maximum atomic E-state index is 9.63. The lowest BCUT2D eigenvalue weighted by Crippen LogP contribution is -2.03. The minimum absolute atomic E-state index is 0.238. The summed E-state index contributed by atoms with van der Waals surface area (Å²) in [4.78, 5) is 15.0. The standard InChI is InChI=1S/C27H21BrN4O2S/c28-19-4-1-3-18(15-19)12-14-34-21-8-11-25(35-22-9-6-20(33)7-10-22)24(16-21)32-27-23-5-2-13-29-26(23)30-17-31-27/h1-11,13,15-17,33H,12,14H2,(H,29,30,31,32). The predicted octanol–water partition coefficient (Wildman–Crippen LogP) is 7.01. The van der Waals surface area contributed by atoms with Gasteiger partial charge in [-0.05, 0) is 66.2 Å². The third-order valence-electron chi connectivity index (χ3n) is 5.23. The molecule has 0 aliphatic heterocycles. The molecule has 0 radical (unpaired) electrons. The van der Waals surface area contributed by atoms with Crippen LogP contribution in [0.3, 0.4) is 0 Å². The Morgan fingerprint density at radius 3 is 2.66 bits per heavy atom. The summed E-state index contributed by atoms with van der Waals surface area (Å²) in [5.41, 5.74) is 2.68. The Bertz CT molecular complexity index is 1460. The zero-order valence-electron chi connectivity index (χ0n) is 18.6. The molecule has 0 atom stereocenters. The van der Waals surface area contributed by atoms with E-state index in [1.165, 1.54) is 11.9 Å². The van der Waals surface area contributed by atoms with Gasteiger partial charge in [-0.3, -0.25) is 0 Å². The highest BCUT2D eigenvalue weighted by molar-refractivity contribution is 9.10. The molecular formula is C27H21BrN4O2S. The van der Waals surface area contributed by atoms with E-state index >= 15 is 0 Å². The molecule has 8 heteroatoms. The molecule has 0 amide bonds. The molecule has 0 spiro atoms. The first-order chi connectivity index (χ1) is 17.1. The molecule has 5 aromatic rings. The van der Waals surface area contributed by atoms with Crippen LogP contribution in [-0.4, -0.2) is 26.7 Å². The molecule has 0 saturated heterocycles. The second kappa shape index (κ2) is 10.8. The molecular weight excluding hydrogens is 524 g/mol. The molecule has 2 aromatic heterocycles. The first-order valence-electron chi connectivity index (χ1n) is 10.9. The van der Waals surface area contributed by atoms with Crippen molar-refractivity contribution < 1.29 is 9.84 Å². The minimum Gasteiger partial charge on any atom is -0.508 e. The number of anilines is 2. The number of nitrogens with zero attached hydrogens (tertiary/aromatic N) is 3. The Kier molecular flexibility index (Phi) is 7.11. The lowest BCUT2D eigenvalue weighted by molar-refractivity contribution is 0.322. The number of rotatable bonds is 8. The van der Waals surface area contributed by atoms with Crippen molar-refractivity contribution in [1.82, 2.24) is 15.0 Å². The summed E-state index contributed by atoms with van der Waals surface area (Å²) in [5.74, 6) is 1.66. The number of aromatic hydroxyl groups is 1. The molecule has 2 heterocycles. The first-order valence-corrected chi connectivity index (χ1v) is 12.6. The number of benzene rings is 3. The van der Waals surface area contributed by atoms with E-state index in [0.29, 0.717) is 18.1 Å². The average Bonchev–Trinajstić information content (AvgIpc) is 2.87. The van der Waals surface area contributed by atoms with E-state index in [4.69, 9.17) is 4.74 Å². The number of ether oxygens (including phenoxy) is 1. The lowest BCUT2D eigenvalue weighted by Gasteiger charge is -2.15. The highest BCUT2D eigenvalue weighted by Crippen LogP contribution is 2.38. The molecule has 0 aliphatic carbocycles. The van der Waals surface area contributed by atoms with Gasteiger partial charge in [0, 0.05) is 32.9 Å². The van der Waals surface area contributed by atoms with Gasteiger partial charge in [0.2, 0.25) is 0 Å². The van der Waals surface area contributed by atoms with Crippen molar-refractivity contribution in [3.8, 4) is 11.5 Å². The highest BCUT2D eigenvalue weighted by Gasteiger charge is 2.11. The fourth-order valence-corrected chi connectivity index (χ4v) is 4.86. The summed E-state index contributed by atoms with van der Waals surface area (Å²) in [6.07, 6.45) is 4.02. The Balaban J connectivity index is 1.41. The highest BCUT2D eigenvalue weighted by atomic mass is 79.9. The second-order valence-electron chi connectivity index (χ2n) is 7.70. The van der Waals surface area contributed by atoms with Crippen LogP contribution >= 0.6 is 27.7 Å². The quantitative estimate of drug-likeness (QED) is 0.217. The van der Waals surface area contributed by atoms with E-state index in [2.05, 4.69) is 48.3 Å². The van der Waals surface area contributed by atoms with Crippen molar-refractivity contribution in [2.45, 2.75) is 16.2 Å². The Morgan fingerprint density at radius 2 is 1.80 bits per heavy atom. The van der Waals surface area contributed by atoms with E-state index in [1.807, 2.05) is 54.6 Å². The van der Waals surface area contributed by atoms with Gasteiger partial charge < -0.3 is 15.2 Å². The molecule has 174 valence electrons. The largest absolute Gasteiger partial charge is 0.508 e. The van der Waals surface area contributed by atoms with Crippen LogP contribution in [0.1, 0.15) is 5.56 Å². The maximum absolute atomic E-state index is 9.63. The zero-order chi connectivity index (χ0) is 24.0.